The monoisotopic (exact) mass is 285 g/mol. The molecule has 0 unspecified atom stereocenters. The number of anilines is 1. The number of benzene rings is 1. The van der Waals surface area contributed by atoms with Crippen LogP contribution in [0.1, 0.15) is 25.7 Å². The number of aliphatic hydroxyl groups excluding tert-OH is 1. The average Bonchev–Trinajstić information content (AvgIpc) is 2.30. The van der Waals surface area contributed by atoms with E-state index < -0.39 is 10.0 Å². The number of para-hydroxylation sites is 2. The van der Waals surface area contributed by atoms with Crippen LogP contribution in [-0.2, 0) is 10.0 Å². The van der Waals surface area contributed by atoms with Gasteiger partial charge in [-0.05, 0) is 31.4 Å². The van der Waals surface area contributed by atoms with E-state index in [0.29, 0.717) is 17.9 Å². The standard InChI is InChI=1S/C13H19NO4S/c1-19(16,17)14-12-7-2-3-8-13(12)18-11-6-4-5-10(15)9-11/h2-3,7-8,10-11,14-15H,4-6,9H2,1H3/t10-,11+/m1/s1. The lowest BCUT2D eigenvalue weighted by Crippen LogP contribution is -2.28. The minimum Gasteiger partial charge on any atom is -0.488 e. The van der Waals surface area contributed by atoms with Gasteiger partial charge in [-0.25, -0.2) is 8.42 Å². The summed E-state index contributed by atoms with van der Waals surface area (Å²) in [5, 5.41) is 9.62. The minimum absolute atomic E-state index is 0.0636. The Morgan fingerprint density at radius 2 is 2.05 bits per heavy atom. The first-order chi connectivity index (χ1) is 8.94. The molecule has 1 aliphatic rings. The maximum Gasteiger partial charge on any atom is 0.229 e. The molecule has 5 nitrogen and oxygen atoms in total. The Kier molecular flexibility index (Phi) is 4.31. The molecule has 0 heterocycles. The zero-order chi connectivity index (χ0) is 13.9. The van der Waals surface area contributed by atoms with E-state index in [1.165, 1.54) is 0 Å². The summed E-state index contributed by atoms with van der Waals surface area (Å²) in [4.78, 5) is 0. The smallest absolute Gasteiger partial charge is 0.229 e. The van der Waals surface area contributed by atoms with E-state index in [1.54, 1.807) is 24.3 Å². The number of ether oxygens (including phenoxy) is 1. The summed E-state index contributed by atoms with van der Waals surface area (Å²) >= 11 is 0. The second-order valence-corrected chi connectivity index (χ2v) is 6.68. The number of nitrogens with one attached hydrogen (secondary N) is 1. The lowest BCUT2D eigenvalue weighted by molar-refractivity contribution is 0.0540. The third kappa shape index (κ3) is 4.40. The van der Waals surface area contributed by atoms with Gasteiger partial charge in [0.05, 0.1) is 18.0 Å². The minimum atomic E-state index is -3.33. The van der Waals surface area contributed by atoms with Crippen LogP contribution in [0.4, 0.5) is 5.69 Å². The summed E-state index contributed by atoms with van der Waals surface area (Å²) < 4.78 is 30.8. The first-order valence-corrected chi connectivity index (χ1v) is 8.25. The molecular formula is C13H19NO4S. The third-order valence-electron chi connectivity index (χ3n) is 3.07. The Hall–Kier alpha value is -1.27. The summed E-state index contributed by atoms with van der Waals surface area (Å²) in [7, 11) is -3.33. The molecular weight excluding hydrogens is 266 g/mol. The second kappa shape index (κ2) is 5.79. The van der Waals surface area contributed by atoms with Crippen LogP contribution in [-0.4, -0.2) is 32.0 Å². The van der Waals surface area contributed by atoms with E-state index in [2.05, 4.69) is 4.72 Å². The number of hydrogen-bond donors (Lipinski definition) is 2. The molecule has 1 saturated carbocycles. The Morgan fingerprint density at radius 3 is 2.74 bits per heavy atom. The first kappa shape index (κ1) is 14.1. The Bertz CT molecular complexity index is 529. The van der Waals surface area contributed by atoms with Crippen molar-refractivity contribution in [3.05, 3.63) is 24.3 Å². The molecule has 0 aromatic heterocycles. The fourth-order valence-electron chi connectivity index (χ4n) is 2.26. The van der Waals surface area contributed by atoms with Crippen molar-refractivity contribution in [2.75, 3.05) is 11.0 Å². The van der Waals surface area contributed by atoms with Crippen molar-refractivity contribution < 1.29 is 18.3 Å². The van der Waals surface area contributed by atoms with Gasteiger partial charge in [-0.15, -0.1) is 0 Å². The van der Waals surface area contributed by atoms with Crippen LogP contribution < -0.4 is 9.46 Å². The zero-order valence-electron chi connectivity index (χ0n) is 10.9. The van der Waals surface area contributed by atoms with Crippen molar-refractivity contribution >= 4 is 15.7 Å². The third-order valence-corrected chi connectivity index (χ3v) is 3.67. The fraction of sp³-hybridized carbons (Fsp3) is 0.538. The zero-order valence-corrected chi connectivity index (χ0v) is 11.7. The molecule has 1 aromatic carbocycles. The van der Waals surface area contributed by atoms with Crippen molar-refractivity contribution in [2.45, 2.75) is 37.9 Å². The van der Waals surface area contributed by atoms with Gasteiger partial charge in [0.2, 0.25) is 10.0 Å². The number of aliphatic hydroxyl groups is 1. The molecule has 1 aromatic rings. The molecule has 0 spiro atoms. The lowest BCUT2D eigenvalue weighted by atomic mass is 9.95. The van der Waals surface area contributed by atoms with Gasteiger partial charge >= 0.3 is 0 Å². The largest absolute Gasteiger partial charge is 0.488 e. The van der Waals surface area contributed by atoms with Crippen molar-refractivity contribution in [3.63, 3.8) is 0 Å². The van der Waals surface area contributed by atoms with Gasteiger partial charge in [-0.2, -0.15) is 0 Å². The summed E-state index contributed by atoms with van der Waals surface area (Å²) in [6.45, 7) is 0. The quantitative estimate of drug-likeness (QED) is 0.883. The topological polar surface area (TPSA) is 75.6 Å². The average molecular weight is 285 g/mol. The van der Waals surface area contributed by atoms with Crippen molar-refractivity contribution in [3.8, 4) is 5.75 Å². The van der Waals surface area contributed by atoms with E-state index in [9.17, 15) is 13.5 Å². The molecule has 106 valence electrons. The molecule has 0 radical (unpaired) electrons. The number of rotatable bonds is 4. The Labute approximate surface area is 113 Å². The van der Waals surface area contributed by atoms with E-state index in [4.69, 9.17) is 4.74 Å². The molecule has 19 heavy (non-hydrogen) atoms. The predicted molar refractivity (Wildman–Crippen MR) is 73.8 cm³/mol. The van der Waals surface area contributed by atoms with Crippen molar-refractivity contribution in [1.29, 1.82) is 0 Å². The van der Waals surface area contributed by atoms with Crippen molar-refractivity contribution in [2.24, 2.45) is 0 Å². The van der Waals surface area contributed by atoms with Gasteiger partial charge in [-0.3, -0.25) is 4.72 Å². The van der Waals surface area contributed by atoms with Gasteiger partial charge in [0.15, 0.2) is 0 Å². The highest BCUT2D eigenvalue weighted by atomic mass is 32.2. The molecule has 6 heteroatoms. The summed E-state index contributed by atoms with van der Waals surface area (Å²) in [6.07, 6.45) is 3.92. The molecule has 0 amide bonds. The summed E-state index contributed by atoms with van der Waals surface area (Å²) in [5.41, 5.74) is 0.435. The predicted octanol–water partition coefficient (Wildman–Crippen LogP) is 1.74. The molecule has 2 rings (SSSR count). The highest BCUT2D eigenvalue weighted by molar-refractivity contribution is 7.92. The molecule has 2 N–H and O–H groups in total. The van der Waals surface area contributed by atoms with Crippen LogP contribution in [0.5, 0.6) is 5.75 Å². The Morgan fingerprint density at radius 1 is 1.32 bits per heavy atom. The molecule has 0 aliphatic heterocycles. The number of hydrogen-bond acceptors (Lipinski definition) is 4. The Balaban J connectivity index is 2.11. The van der Waals surface area contributed by atoms with Gasteiger partial charge in [-0.1, -0.05) is 12.1 Å². The molecule has 1 fully saturated rings. The van der Waals surface area contributed by atoms with E-state index in [1.807, 2.05) is 0 Å². The van der Waals surface area contributed by atoms with Crippen LogP contribution >= 0.6 is 0 Å². The molecule has 0 bridgehead atoms. The normalized spacial score (nSPS) is 23.9. The van der Waals surface area contributed by atoms with E-state index in [-0.39, 0.29) is 12.2 Å². The van der Waals surface area contributed by atoms with Gasteiger partial charge < -0.3 is 9.84 Å². The van der Waals surface area contributed by atoms with E-state index >= 15 is 0 Å². The molecule has 1 aliphatic carbocycles. The highest BCUT2D eigenvalue weighted by Crippen LogP contribution is 2.29. The van der Waals surface area contributed by atoms with Crippen LogP contribution in [0.25, 0.3) is 0 Å². The summed E-state index contributed by atoms with van der Waals surface area (Å²) in [6, 6.07) is 6.93. The number of sulfonamides is 1. The van der Waals surface area contributed by atoms with Gasteiger partial charge in [0, 0.05) is 6.42 Å². The van der Waals surface area contributed by atoms with Gasteiger partial charge in [0.25, 0.3) is 0 Å². The van der Waals surface area contributed by atoms with Crippen LogP contribution in [0.15, 0.2) is 24.3 Å². The second-order valence-electron chi connectivity index (χ2n) is 4.93. The summed E-state index contributed by atoms with van der Waals surface area (Å²) in [5.74, 6) is 0.507. The SMILES string of the molecule is CS(=O)(=O)Nc1ccccc1O[C@H]1CCC[C@@H](O)C1. The maximum atomic E-state index is 11.3. The van der Waals surface area contributed by atoms with Crippen LogP contribution in [0.2, 0.25) is 0 Å². The maximum absolute atomic E-state index is 11.3. The van der Waals surface area contributed by atoms with E-state index in [0.717, 1.165) is 25.5 Å². The first-order valence-electron chi connectivity index (χ1n) is 6.35. The van der Waals surface area contributed by atoms with Crippen LogP contribution in [0.3, 0.4) is 0 Å². The molecule has 0 saturated heterocycles. The lowest BCUT2D eigenvalue weighted by Gasteiger charge is -2.27. The van der Waals surface area contributed by atoms with Gasteiger partial charge in [0.1, 0.15) is 11.9 Å². The van der Waals surface area contributed by atoms with Crippen molar-refractivity contribution in [1.82, 2.24) is 0 Å². The fourth-order valence-corrected chi connectivity index (χ4v) is 2.83. The highest BCUT2D eigenvalue weighted by Gasteiger charge is 2.22. The molecule has 2 atom stereocenters. The van der Waals surface area contributed by atoms with Crippen LogP contribution in [0, 0.1) is 0 Å².